The Kier molecular flexibility index (Phi) is 4.90. The first kappa shape index (κ1) is 19.8. The highest BCUT2D eigenvalue weighted by Gasteiger charge is 2.19. The number of thiazole rings is 1. The highest BCUT2D eigenvalue weighted by Crippen LogP contribution is 2.30. The van der Waals surface area contributed by atoms with Crippen molar-refractivity contribution in [2.75, 3.05) is 24.4 Å². The Morgan fingerprint density at radius 3 is 2.53 bits per heavy atom. The predicted molar refractivity (Wildman–Crippen MR) is 120 cm³/mol. The lowest BCUT2D eigenvalue weighted by molar-refractivity contribution is 0.100. The fraction of sp³-hybridized carbons (Fsp3) is 0.238. The van der Waals surface area contributed by atoms with E-state index in [2.05, 4.69) is 15.5 Å². The largest absolute Gasteiger partial charge is 0.354 e. The zero-order chi connectivity index (χ0) is 21.6. The molecule has 0 unspecified atom stereocenters. The minimum Gasteiger partial charge on any atom is -0.354 e. The first-order valence-corrected chi connectivity index (χ1v) is 10.3. The van der Waals surface area contributed by atoms with Crippen molar-refractivity contribution in [1.82, 2.24) is 19.4 Å². The molecule has 0 aliphatic carbocycles. The molecule has 0 saturated carbocycles. The second kappa shape index (κ2) is 7.42. The van der Waals surface area contributed by atoms with Gasteiger partial charge in [0.15, 0.2) is 10.8 Å². The molecule has 1 N–H and O–H groups in total. The van der Waals surface area contributed by atoms with Crippen LogP contribution in [0, 0.1) is 13.8 Å². The summed E-state index contributed by atoms with van der Waals surface area (Å²) in [6.07, 6.45) is 0. The number of hydrogen-bond acceptors (Lipinski definition) is 6. The van der Waals surface area contributed by atoms with Gasteiger partial charge in [-0.2, -0.15) is 5.10 Å². The zero-order valence-electron chi connectivity index (χ0n) is 17.4. The molecule has 0 atom stereocenters. The fourth-order valence-corrected chi connectivity index (χ4v) is 4.17. The van der Waals surface area contributed by atoms with Gasteiger partial charge in [-0.15, -0.1) is 11.3 Å². The first-order valence-electron chi connectivity index (χ1n) is 9.37. The lowest BCUT2D eigenvalue weighted by atomic mass is 10.1. The second-order valence-corrected chi connectivity index (χ2v) is 8.13. The summed E-state index contributed by atoms with van der Waals surface area (Å²) in [6, 6.07) is 8.99. The summed E-state index contributed by atoms with van der Waals surface area (Å²) in [5, 5.41) is 8.11. The second-order valence-electron chi connectivity index (χ2n) is 7.29. The quantitative estimate of drug-likeness (QED) is 0.547. The van der Waals surface area contributed by atoms with Crippen LogP contribution in [-0.4, -0.2) is 39.4 Å². The summed E-state index contributed by atoms with van der Waals surface area (Å²) in [4.78, 5) is 32.1. The maximum absolute atomic E-state index is 13.1. The van der Waals surface area contributed by atoms with Gasteiger partial charge in [-0.05, 0) is 26.0 Å². The van der Waals surface area contributed by atoms with Crippen LogP contribution < -0.4 is 15.9 Å². The highest BCUT2D eigenvalue weighted by molar-refractivity contribution is 7.14. The maximum atomic E-state index is 13.1. The van der Waals surface area contributed by atoms with Crippen molar-refractivity contribution in [2.24, 2.45) is 7.05 Å². The van der Waals surface area contributed by atoms with Gasteiger partial charge in [-0.3, -0.25) is 19.7 Å². The number of carbonyl (C=O) groups is 1. The van der Waals surface area contributed by atoms with Gasteiger partial charge in [-0.25, -0.2) is 9.67 Å². The van der Waals surface area contributed by atoms with Crippen LogP contribution in [-0.2, 0) is 7.05 Å². The Morgan fingerprint density at radius 1 is 1.17 bits per heavy atom. The van der Waals surface area contributed by atoms with Crippen molar-refractivity contribution in [1.29, 1.82) is 0 Å². The van der Waals surface area contributed by atoms with E-state index in [1.165, 1.54) is 4.68 Å². The molecule has 0 spiro atoms. The third-order valence-electron chi connectivity index (χ3n) is 4.97. The van der Waals surface area contributed by atoms with E-state index < -0.39 is 0 Å². The molecule has 8 nitrogen and oxygen atoms in total. The molecule has 1 aromatic carbocycles. The number of nitrogens with zero attached hydrogens (tertiary/aromatic N) is 5. The van der Waals surface area contributed by atoms with Crippen molar-refractivity contribution in [2.45, 2.75) is 13.8 Å². The third kappa shape index (κ3) is 3.26. The molecule has 4 aromatic rings. The summed E-state index contributed by atoms with van der Waals surface area (Å²) in [6.45, 7) is 3.85. The monoisotopic (exact) mass is 422 g/mol. The number of rotatable bonds is 4. The van der Waals surface area contributed by atoms with Crippen molar-refractivity contribution in [3.05, 3.63) is 63.1 Å². The molecule has 0 saturated heterocycles. The highest BCUT2D eigenvalue weighted by atomic mass is 32.1. The molecule has 0 bridgehead atoms. The first-order chi connectivity index (χ1) is 14.3. The Labute approximate surface area is 177 Å². The standard InChI is InChI=1S/C21H22N6O2S/c1-12-10-16(17-11-30-21(22-17)25(3)4)13(2)27(12)24-19(28)18-14-8-6-7-9-15(14)20(29)26(5)23-18/h6-11H,1-5H3,(H,24,28). The van der Waals surface area contributed by atoms with Crippen LogP contribution in [0.3, 0.4) is 0 Å². The summed E-state index contributed by atoms with van der Waals surface area (Å²) >= 11 is 1.57. The number of nitrogens with one attached hydrogen (secondary N) is 1. The molecule has 0 aliphatic rings. The van der Waals surface area contributed by atoms with Gasteiger partial charge >= 0.3 is 0 Å². The van der Waals surface area contributed by atoms with Crippen LogP contribution in [0.25, 0.3) is 22.0 Å². The number of aryl methyl sites for hydroxylation is 2. The van der Waals surface area contributed by atoms with Crippen LogP contribution in [0.2, 0.25) is 0 Å². The minimum absolute atomic E-state index is 0.199. The molecule has 3 heterocycles. The zero-order valence-corrected chi connectivity index (χ0v) is 18.2. The predicted octanol–water partition coefficient (Wildman–Crippen LogP) is 2.93. The average molecular weight is 423 g/mol. The van der Waals surface area contributed by atoms with Crippen LogP contribution in [0.4, 0.5) is 5.13 Å². The van der Waals surface area contributed by atoms with E-state index in [-0.39, 0.29) is 17.2 Å². The molecule has 30 heavy (non-hydrogen) atoms. The van der Waals surface area contributed by atoms with Crippen LogP contribution in [0.15, 0.2) is 40.5 Å². The molecule has 4 rings (SSSR count). The average Bonchev–Trinajstić information content (AvgIpc) is 3.31. The summed E-state index contributed by atoms with van der Waals surface area (Å²) in [7, 11) is 5.45. The Morgan fingerprint density at radius 2 is 1.87 bits per heavy atom. The minimum atomic E-state index is -0.387. The van der Waals surface area contributed by atoms with Crippen molar-refractivity contribution < 1.29 is 4.79 Å². The van der Waals surface area contributed by atoms with E-state index in [1.807, 2.05) is 44.3 Å². The molecule has 9 heteroatoms. The number of aromatic nitrogens is 4. The van der Waals surface area contributed by atoms with E-state index in [4.69, 9.17) is 0 Å². The summed E-state index contributed by atoms with van der Waals surface area (Å²) < 4.78 is 2.92. The summed E-state index contributed by atoms with van der Waals surface area (Å²) in [5.41, 5.74) is 6.43. The molecule has 1 amide bonds. The van der Waals surface area contributed by atoms with Gasteiger partial charge in [-0.1, -0.05) is 18.2 Å². The van der Waals surface area contributed by atoms with Gasteiger partial charge in [0.05, 0.1) is 11.1 Å². The van der Waals surface area contributed by atoms with Gasteiger partial charge in [0.25, 0.3) is 11.5 Å². The Bertz CT molecular complexity index is 1330. The van der Waals surface area contributed by atoms with Gasteiger partial charge in [0.2, 0.25) is 0 Å². The molecule has 0 radical (unpaired) electrons. The fourth-order valence-electron chi connectivity index (χ4n) is 3.41. The molecule has 0 aliphatic heterocycles. The maximum Gasteiger partial charge on any atom is 0.291 e. The van der Waals surface area contributed by atoms with Crippen molar-refractivity contribution >= 4 is 33.1 Å². The Hall–Kier alpha value is -3.46. The van der Waals surface area contributed by atoms with E-state index in [0.717, 1.165) is 27.8 Å². The van der Waals surface area contributed by atoms with Crippen LogP contribution in [0.1, 0.15) is 21.9 Å². The van der Waals surface area contributed by atoms with Gasteiger partial charge in [0.1, 0.15) is 0 Å². The Balaban J connectivity index is 1.73. The van der Waals surface area contributed by atoms with Crippen LogP contribution >= 0.6 is 11.3 Å². The molecule has 0 fully saturated rings. The number of anilines is 1. The van der Waals surface area contributed by atoms with Gasteiger partial charge in [0, 0.05) is 48.9 Å². The summed E-state index contributed by atoms with van der Waals surface area (Å²) in [5.74, 6) is -0.387. The van der Waals surface area contributed by atoms with E-state index in [0.29, 0.717) is 10.8 Å². The topological polar surface area (TPSA) is 85.1 Å². The number of benzene rings is 1. The molecule has 154 valence electrons. The van der Waals surface area contributed by atoms with E-state index >= 15 is 0 Å². The lowest BCUT2D eigenvalue weighted by Crippen LogP contribution is -2.29. The number of fused-ring (bicyclic) bond motifs is 1. The third-order valence-corrected chi connectivity index (χ3v) is 5.98. The van der Waals surface area contributed by atoms with Gasteiger partial charge < -0.3 is 4.90 Å². The normalized spacial score (nSPS) is 11.1. The SMILES string of the molecule is Cc1cc(-c2csc(N(C)C)n2)c(C)n1NC(=O)c1nn(C)c(=O)c2ccccc12. The van der Waals surface area contributed by atoms with Crippen LogP contribution in [0.5, 0.6) is 0 Å². The van der Waals surface area contributed by atoms with E-state index in [9.17, 15) is 9.59 Å². The number of amides is 1. The number of carbonyl (C=O) groups excluding carboxylic acids is 1. The number of hydrogen-bond donors (Lipinski definition) is 1. The molecular formula is C21H22N6O2S. The van der Waals surface area contributed by atoms with E-state index in [1.54, 1.807) is 47.3 Å². The van der Waals surface area contributed by atoms with Crippen molar-refractivity contribution in [3.8, 4) is 11.3 Å². The lowest BCUT2D eigenvalue weighted by Gasteiger charge is -2.13. The smallest absolute Gasteiger partial charge is 0.291 e. The van der Waals surface area contributed by atoms with Crippen molar-refractivity contribution in [3.63, 3.8) is 0 Å². The molecule has 3 aromatic heterocycles. The molecular weight excluding hydrogens is 400 g/mol.